The van der Waals surface area contributed by atoms with Gasteiger partial charge in [-0.1, -0.05) is 6.07 Å². The van der Waals surface area contributed by atoms with E-state index in [9.17, 15) is 9.59 Å². The molecule has 3 rings (SSSR count). The fourth-order valence-corrected chi connectivity index (χ4v) is 4.22. The van der Waals surface area contributed by atoms with Crippen molar-refractivity contribution in [1.82, 2.24) is 14.8 Å². The van der Waals surface area contributed by atoms with E-state index in [4.69, 9.17) is 14.2 Å². The lowest BCUT2D eigenvalue weighted by Crippen LogP contribution is -2.42. The first kappa shape index (κ1) is 26.4. The average molecular weight is 486 g/mol. The first-order valence-corrected chi connectivity index (χ1v) is 12.5. The van der Waals surface area contributed by atoms with Gasteiger partial charge >= 0.3 is 6.09 Å². The molecular formula is C27H39N3O5. The third-order valence-corrected chi connectivity index (χ3v) is 5.83. The number of rotatable bonds is 9. The van der Waals surface area contributed by atoms with E-state index in [1.54, 1.807) is 4.90 Å². The maximum Gasteiger partial charge on any atom is 0.410 e. The molecule has 192 valence electrons. The topological polar surface area (TPSA) is 82.0 Å². The van der Waals surface area contributed by atoms with Crippen LogP contribution in [-0.4, -0.2) is 59.9 Å². The van der Waals surface area contributed by atoms with Gasteiger partial charge in [-0.15, -0.1) is 0 Å². The molecule has 0 radical (unpaired) electrons. The SMILES string of the molecule is CCOc1ccc(CCNC(=O)c2cccn2C2CCN(C(=O)OC(C)(C)C)CC2)cc1OCC. The zero-order chi connectivity index (χ0) is 25.4. The Labute approximate surface area is 208 Å². The highest BCUT2D eigenvalue weighted by atomic mass is 16.6. The molecule has 0 aliphatic carbocycles. The van der Waals surface area contributed by atoms with Crippen molar-refractivity contribution < 1.29 is 23.8 Å². The molecule has 2 amide bonds. The van der Waals surface area contributed by atoms with Gasteiger partial charge in [0.15, 0.2) is 11.5 Å². The van der Waals surface area contributed by atoms with E-state index >= 15 is 0 Å². The van der Waals surface area contributed by atoms with Crippen LogP contribution in [0.15, 0.2) is 36.5 Å². The molecule has 1 saturated heterocycles. The van der Waals surface area contributed by atoms with Gasteiger partial charge in [0.2, 0.25) is 0 Å². The van der Waals surface area contributed by atoms with E-state index in [1.807, 2.05) is 75.7 Å². The molecule has 0 bridgehead atoms. The number of ether oxygens (including phenoxy) is 3. The first-order chi connectivity index (χ1) is 16.7. The molecule has 1 aromatic heterocycles. The van der Waals surface area contributed by atoms with E-state index < -0.39 is 5.60 Å². The molecule has 8 nitrogen and oxygen atoms in total. The summed E-state index contributed by atoms with van der Waals surface area (Å²) in [6, 6.07) is 9.81. The predicted octanol–water partition coefficient (Wildman–Crippen LogP) is 4.83. The zero-order valence-electron chi connectivity index (χ0n) is 21.6. The number of likely N-dealkylation sites (tertiary alicyclic amines) is 1. The minimum absolute atomic E-state index is 0.0967. The number of hydrogen-bond acceptors (Lipinski definition) is 5. The lowest BCUT2D eigenvalue weighted by Gasteiger charge is -2.34. The summed E-state index contributed by atoms with van der Waals surface area (Å²) >= 11 is 0. The number of piperidine rings is 1. The summed E-state index contributed by atoms with van der Waals surface area (Å²) in [7, 11) is 0. The van der Waals surface area contributed by atoms with Gasteiger partial charge in [0.1, 0.15) is 11.3 Å². The Bertz CT molecular complexity index is 987. The molecule has 8 heteroatoms. The summed E-state index contributed by atoms with van der Waals surface area (Å²) in [5, 5.41) is 3.04. The number of aromatic nitrogens is 1. The maximum absolute atomic E-state index is 12.9. The van der Waals surface area contributed by atoms with Crippen molar-refractivity contribution in [3.63, 3.8) is 0 Å². The van der Waals surface area contributed by atoms with Gasteiger partial charge in [0, 0.05) is 31.9 Å². The fraction of sp³-hybridized carbons (Fsp3) is 0.556. The molecule has 1 aliphatic heterocycles. The molecule has 1 N–H and O–H groups in total. The third-order valence-electron chi connectivity index (χ3n) is 5.83. The number of carbonyl (C=O) groups is 2. The van der Waals surface area contributed by atoms with Gasteiger partial charge in [0.05, 0.1) is 13.2 Å². The Hall–Kier alpha value is -3.16. The lowest BCUT2D eigenvalue weighted by atomic mass is 10.0. The summed E-state index contributed by atoms with van der Waals surface area (Å²) in [6.07, 6.45) is 3.92. The zero-order valence-corrected chi connectivity index (χ0v) is 21.6. The van der Waals surface area contributed by atoms with E-state index in [0.29, 0.717) is 45.0 Å². The van der Waals surface area contributed by atoms with E-state index in [2.05, 4.69) is 5.32 Å². The fourth-order valence-electron chi connectivity index (χ4n) is 4.22. The van der Waals surface area contributed by atoms with Crippen LogP contribution in [0.5, 0.6) is 11.5 Å². The van der Waals surface area contributed by atoms with Crippen LogP contribution in [0.2, 0.25) is 0 Å². The molecule has 35 heavy (non-hydrogen) atoms. The van der Waals surface area contributed by atoms with Gasteiger partial charge in [0.25, 0.3) is 5.91 Å². The second kappa shape index (κ2) is 12.0. The van der Waals surface area contributed by atoms with Crippen LogP contribution in [0.4, 0.5) is 4.79 Å². The highest BCUT2D eigenvalue weighted by molar-refractivity contribution is 5.92. The highest BCUT2D eigenvalue weighted by Crippen LogP contribution is 2.29. The Morgan fingerprint density at radius 3 is 2.37 bits per heavy atom. The number of amides is 2. The molecule has 2 heterocycles. The van der Waals surface area contributed by atoms with Crippen molar-refractivity contribution in [1.29, 1.82) is 0 Å². The van der Waals surface area contributed by atoms with Crippen molar-refractivity contribution in [3.8, 4) is 11.5 Å². The molecule has 0 atom stereocenters. The lowest BCUT2D eigenvalue weighted by molar-refractivity contribution is 0.0187. The van der Waals surface area contributed by atoms with Crippen LogP contribution in [-0.2, 0) is 11.2 Å². The molecular weight excluding hydrogens is 446 g/mol. The van der Waals surface area contributed by atoms with Crippen LogP contribution in [0, 0.1) is 0 Å². The Balaban J connectivity index is 1.53. The minimum Gasteiger partial charge on any atom is -0.490 e. The van der Waals surface area contributed by atoms with Crippen LogP contribution < -0.4 is 14.8 Å². The van der Waals surface area contributed by atoms with Crippen molar-refractivity contribution in [3.05, 3.63) is 47.8 Å². The maximum atomic E-state index is 12.9. The number of hydrogen-bond donors (Lipinski definition) is 1. The predicted molar refractivity (Wildman–Crippen MR) is 135 cm³/mol. The normalized spacial score (nSPS) is 14.5. The molecule has 0 saturated carbocycles. The first-order valence-electron chi connectivity index (χ1n) is 12.5. The Kier molecular flexibility index (Phi) is 9.07. The summed E-state index contributed by atoms with van der Waals surface area (Å²) in [4.78, 5) is 27.0. The van der Waals surface area contributed by atoms with Gasteiger partial charge in [-0.3, -0.25) is 4.79 Å². The summed E-state index contributed by atoms with van der Waals surface area (Å²) < 4.78 is 18.8. The molecule has 1 fully saturated rings. The van der Waals surface area contributed by atoms with Gasteiger partial charge < -0.3 is 29.0 Å². The Morgan fingerprint density at radius 2 is 1.71 bits per heavy atom. The molecule has 1 aromatic carbocycles. The second-order valence-corrected chi connectivity index (χ2v) is 9.65. The monoisotopic (exact) mass is 485 g/mol. The van der Waals surface area contributed by atoms with E-state index in [-0.39, 0.29) is 18.0 Å². The highest BCUT2D eigenvalue weighted by Gasteiger charge is 2.28. The second-order valence-electron chi connectivity index (χ2n) is 9.65. The third kappa shape index (κ3) is 7.41. The summed E-state index contributed by atoms with van der Waals surface area (Å²) in [5.41, 5.74) is 1.21. The van der Waals surface area contributed by atoms with Gasteiger partial charge in [-0.25, -0.2) is 4.79 Å². The van der Waals surface area contributed by atoms with Crippen LogP contribution in [0.1, 0.15) is 69.6 Å². The van der Waals surface area contributed by atoms with Gasteiger partial charge in [-0.05, 0) is 83.7 Å². The summed E-state index contributed by atoms with van der Waals surface area (Å²) in [5.74, 6) is 1.36. The smallest absolute Gasteiger partial charge is 0.410 e. The molecule has 0 unspecified atom stereocenters. The number of nitrogens with zero attached hydrogens (tertiary/aromatic N) is 2. The number of carbonyl (C=O) groups excluding carboxylic acids is 2. The van der Waals surface area contributed by atoms with Gasteiger partial charge in [-0.2, -0.15) is 0 Å². The quantitative estimate of drug-likeness (QED) is 0.550. The van der Waals surface area contributed by atoms with Crippen LogP contribution >= 0.6 is 0 Å². The molecule has 2 aromatic rings. The molecule has 1 aliphatic rings. The largest absolute Gasteiger partial charge is 0.490 e. The van der Waals surface area contributed by atoms with Crippen molar-refractivity contribution >= 4 is 12.0 Å². The Morgan fingerprint density at radius 1 is 1.03 bits per heavy atom. The average Bonchev–Trinajstić information content (AvgIpc) is 3.30. The number of nitrogens with one attached hydrogen (secondary N) is 1. The summed E-state index contributed by atoms with van der Waals surface area (Å²) in [6.45, 7) is 12.4. The van der Waals surface area contributed by atoms with E-state index in [0.717, 1.165) is 29.9 Å². The van der Waals surface area contributed by atoms with Crippen molar-refractivity contribution in [2.75, 3.05) is 32.8 Å². The van der Waals surface area contributed by atoms with Crippen LogP contribution in [0.25, 0.3) is 0 Å². The minimum atomic E-state index is -0.504. The van der Waals surface area contributed by atoms with Crippen molar-refractivity contribution in [2.24, 2.45) is 0 Å². The van der Waals surface area contributed by atoms with Crippen LogP contribution in [0.3, 0.4) is 0 Å². The van der Waals surface area contributed by atoms with E-state index in [1.165, 1.54) is 0 Å². The number of benzene rings is 1. The standard InChI is InChI=1S/C27H39N3O5/c1-6-33-23-11-10-20(19-24(23)34-7-2)12-15-28-25(31)22-9-8-16-30(22)21-13-17-29(18-14-21)26(32)35-27(3,4)5/h8-11,16,19,21H,6-7,12-15,17-18H2,1-5H3,(H,28,31). The molecule has 0 spiro atoms. The van der Waals surface area contributed by atoms with Crippen molar-refractivity contribution in [2.45, 2.75) is 65.5 Å².